The van der Waals surface area contributed by atoms with Crippen LogP contribution in [-0.2, 0) is 18.0 Å². The van der Waals surface area contributed by atoms with Crippen molar-refractivity contribution in [2.45, 2.75) is 59.9 Å². The largest absolute Gasteiger partial charge is 0.489 e. The van der Waals surface area contributed by atoms with Crippen LogP contribution in [0.3, 0.4) is 0 Å². The average Bonchev–Trinajstić information content (AvgIpc) is 2.58. The highest BCUT2D eigenvalue weighted by Gasteiger charge is 2.13. The molecule has 2 aromatic carbocycles. The van der Waals surface area contributed by atoms with Gasteiger partial charge in [0.15, 0.2) is 0 Å². The third kappa shape index (κ3) is 5.30. The summed E-state index contributed by atoms with van der Waals surface area (Å²) in [5.74, 6) is 1.17. The van der Waals surface area contributed by atoms with Crippen LogP contribution in [0.2, 0.25) is 0 Å². The molecule has 0 aliphatic carbocycles. The molecule has 0 saturated heterocycles. The van der Waals surface area contributed by atoms with Gasteiger partial charge in [0.1, 0.15) is 12.4 Å². The highest BCUT2D eigenvalue weighted by molar-refractivity contribution is 5.44. The summed E-state index contributed by atoms with van der Waals surface area (Å²) < 4.78 is 11.8. The van der Waals surface area contributed by atoms with Crippen LogP contribution in [0, 0.1) is 17.0 Å². The molecule has 2 rings (SSSR count). The average molecular weight is 357 g/mol. The molecule has 0 heterocycles. The minimum Gasteiger partial charge on any atom is -0.489 e. The second-order valence-electron chi connectivity index (χ2n) is 7.04. The molecular formula is C21H27NO4. The molecule has 0 atom stereocenters. The Hall–Kier alpha value is -2.40. The van der Waals surface area contributed by atoms with E-state index in [-0.39, 0.29) is 11.8 Å². The number of hydrogen-bond acceptors (Lipinski definition) is 4. The molecule has 26 heavy (non-hydrogen) atoms. The van der Waals surface area contributed by atoms with Gasteiger partial charge >= 0.3 is 0 Å². The zero-order chi connectivity index (χ0) is 19.3. The van der Waals surface area contributed by atoms with Gasteiger partial charge in [0.25, 0.3) is 5.69 Å². The molecule has 140 valence electrons. The van der Waals surface area contributed by atoms with Crippen molar-refractivity contribution in [1.82, 2.24) is 0 Å². The first-order valence-electron chi connectivity index (χ1n) is 8.89. The number of non-ortho nitro benzene ring substituents is 1. The summed E-state index contributed by atoms with van der Waals surface area (Å²) in [4.78, 5) is 10.3. The number of nitro benzene ring substituents is 1. The van der Waals surface area contributed by atoms with E-state index in [1.165, 1.54) is 17.7 Å². The van der Waals surface area contributed by atoms with Crippen molar-refractivity contribution in [3.05, 3.63) is 68.8 Å². The van der Waals surface area contributed by atoms with E-state index >= 15 is 0 Å². The zero-order valence-corrected chi connectivity index (χ0v) is 16.1. The third-order valence-corrected chi connectivity index (χ3v) is 4.20. The Balaban J connectivity index is 2.17. The van der Waals surface area contributed by atoms with Gasteiger partial charge in [-0.1, -0.05) is 13.8 Å². The van der Waals surface area contributed by atoms with Gasteiger partial charge in [-0.3, -0.25) is 10.1 Å². The molecule has 0 unspecified atom stereocenters. The Morgan fingerprint density at radius 1 is 1.04 bits per heavy atom. The standard InChI is InChI=1S/C21H27NO4/c1-14(2)20-11-18(13-25-15(3)4)16(5)10-21(20)26-12-17-6-8-19(9-7-17)22(23)24/h6-11,14-15H,12-13H2,1-5H3. The molecular weight excluding hydrogens is 330 g/mol. The Morgan fingerprint density at radius 2 is 1.69 bits per heavy atom. The molecule has 0 radical (unpaired) electrons. The van der Waals surface area contributed by atoms with Crippen LogP contribution in [0.4, 0.5) is 5.69 Å². The molecule has 0 aromatic heterocycles. The Kier molecular flexibility index (Phi) is 6.75. The predicted octanol–water partition coefficient (Wildman–Crippen LogP) is 5.53. The number of hydrogen-bond donors (Lipinski definition) is 0. The summed E-state index contributed by atoms with van der Waals surface area (Å²) in [6.45, 7) is 11.3. The fraction of sp³-hybridized carbons (Fsp3) is 0.429. The van der Waals surface area contributed by atoms with Crippen LogP contribution >= 0.6 is 0 Å². The topological polar surface area (TPSA) is 61.6 Å². The third-order valence-electron chi connectivity index (χ3n) is 4.20. The molecule has 5 nitrogen and oxygen atoms in total. The molecule has 0 aliphatic rings. The van der Waals surface area contributed by atoms with Gasteiger partial charge in [0, 0.05) is 12.1 Å². The zero-order valence-electron chi connectivity index (χ0n) is 16.1. The van der Waals surface area contributed by atoms with E-state index in [9.17, 15) is 10.1 Å². The smallest absolute Gasteiger partial charge is 0.269 e. The molecule has 0 bridgehead atoms. The molecule has 0 N–H and O–H groups in total. The van der Waals surface area contributed by atoms with Crippen LogP contribution < -0.4 is 4.74 Å². The van der Waals surface area contributed by atoms with Crippen molar-refractivity contribution < 1.29 is 14.4 Å². The van der Waals surface area contributed by atoms with E-state index in [0.29, 0.717) is 19.1 Å². The van der Waals surface area contributed by atoms with E-state index in [1.54, 1.807) is 12.1 Å². The fourth-order valence-corrected chi connectivity index (χ4v) is 2.61. The van der Waals surface area contributed by atoms with E-state index in [1.807, 2.05) is 13.8 Å². The Bertz CT molecular complexity index is 751. The van der Waals surface area contributed by atoms with Gasteiger partial charge < -0.3 is 9.47 Å². The molecule has 0 amide bonds. The summed E-state index contributed by atoms with van der Waals surface area (Å²) in [5, 5.41) is 10.7. The molecule has 0 saturated carbocycles. The number of benzene rings is 2. The summed E-state index contributed by atoms with van der Waals surface area (Å²) >= 11 is 0. The maximum absolute atomic E-state index is 10.7. The maximum Gasteiger partial charge on any atom is 0.269 e. The lowest BCUT2D eigenvalue weighted by molar-refractivity contribution is -0.384. The number of ether oxygens (including phenoxy) is 2. The lowest BCUT2D eigenvalue weighted by atomic mass is 9.96. The maximum atomic E-state index is 10.7. The first kappa shape index (κ1) is 19.9. The number of nitrogens with zero attached hydrogens (tertiary/aromatic N) is 1. The van der Waals surface area contributed by atoms with E-state index in [2.05, 4.69) is 32.9 Å². The minimum atomic E-state index is -0.400. The molecule has 2 aromatic rings. The molecule has 0 aliphatic heterocycles. The predicted molar refractivity (Wildman–Crippen MR) is 103 cm³/mol. The van der Waals surface area contributed by atoms with Crippen molar-refractivity contribution in [3.8, 4) is 5.75 Å². The van der Waals surface area contributed by atoms with Crippen molar-refractivity contribution in [2.24, 2.45) is 0 Å². The van der Waals surface area contributed by atoms with Gasteiger partial charge in [0.2, 0.25) is 0 Å². The van der Waals surface area contributed by atoms with Crippen LogP contribution in [0.25, 0.3) is 0 Å². The van der Waals surface area contributed by atoms with Gasteiger partial charge in [-0.2, -0.15) is 0 Å². The normalized spacial score (nSPS) is 11.2. The van der Waals surface area contributed by atoms with Gasteiger partial charge in [-0.25, -0.2) is 0 Å². The number of rotatable bonds is 8. The Morgan fingerprint density at radius 3 is 2.23 bits per heavy atom. The Labute approximate surface area is 155 Å². The van der Waals surface area contributed by atoms with E-state index in [4.69, 9.17) is 9.47 Å². The van der Waals surface area contributed by atoms with Crippen molar-refractivity contribution in [1.29, 1.82) is 0 Å². The first-order valence-corrected chi connectivity index (χ1v) is 8.89. The molecule has 5 heteroatoms. The quantitative estimate of drug-likeness (QED) is 0.460. The molecule has 0 spiro atoms. The van der Waals surface area contributed by atoms with Gasteiger partial charge in [-0.15, -0.1) is 0 Å². The van der Waals surface area contributed by atoms with Crippen LogP contribution in [-0.4, -0.2) is 11.0 Å². The summed E-state index contributed by atoms with van der Waals surface area (Å²) in [7, 11) is 0. The van der Waals surface area contributed by atoms with E-state index in [0.717, 1.165) is 22.4 Å². The van der Waals surface area contributed by atoms with E-state index < -0.39 is 4.92 Å². The summed E-state index contributed by atoms with van der Waals surface area (Å²) in [6.07, 6.45) is 0.190. The summed E-state index contributed by atoms with van der Waals surface area (Å²) in [5.41, 5.74) is 4.43. The lowest BCUT2D eigenvalue weighted by Crippen LogP contribution is -2.06. The van der Waals surface area contributed by atoms with Crippen LogP contribution in [0.5, 0.6) is 5.75 Å². The first-order chi connectivity index (χ1) is 12.3. The fourth-order valence-electron chi connectivity index (χ4n) is 2.61. The van der Waals surface area contributed by atoms with Crippen molar-refractivity contribution >= 4 is 5.69 Å². The van der Waals surface area contributed by atoms with Crippen molar-refractivity contribution in [3.63, 3.8) is 0 Å². The number of aryl methyl sites for hydroxylation is 1. The summed E-state index contributed by atoms with van der Waals surface area (Å²) in [6, 6.07) is 10.7. The highest BCUT2D eigenvalue weighted by atomic mass is 16.6. The SMILES string of the molecule is Cc1cc(OCc2ccc([N+](=O)[O-])cc2)c(C(C)C)cc1COC(C)C. The highest BCUT2D eigenvalue weighted by Crippen LogP contribution is 2.31. The van der Waals surface area contributed by atoms with Crippen LogP contribution in [0.15, 0.2) is 36.4 Å². The minimum absolute atomic E-state index is 0.0852. The van der Waals surface area contributed by atoms with Gasteiger partial charge in [0.05, 0.1) is 17.6 Å². The van der Waals surface area contributed by atoms with Gasteiger partial charge in [-0.05, 0) is 73.2 Å². The number of nitro groups is 1. The second kappa shape index (κ2) is 8.81. The molecule has 0 fully saturated rings. The second-order valence-corrected chi connectivity index (χ2v) is 7.04. The van der Waals surface area contributed by atoms with Crippen LogP contribution in [0.1, 0.15) is 55.9 Å². The van der Waals surface area contributed by atoms with Crippen molar-refractivity contribution in [2.75, 3.05) is 0 Å². The monoisotopic (exact) mass is 357 g/mol. The lowest BCUT2D eigenvalue weighted by Gasteiger charge is -2.18.